The number of carbonyl (C=O) groups is 2. The van der Waals surface area contributed by atoms with Crippen LogP contribution in [0.4, 0.5) is 30.8 Å². The van der Waals surface area contributed by atoms with Crippen LogP contribution >= 0.6 is 12.4 Å². The van der Waals surface area contributed by atoms with Crippen LogP contribution in [0, 0.1) is 11.6 Å². The summed E-state index contributed by atoms with van der Waals surface area (Å²) in [5, 5.41) is 10.3. The van der Waals surface area contributed by atoms with E-state index in [4.69, 9.17) is 18.9 Å². The van der Waals surface area contributed by atoms with Crippen LogP contribution in [-0.4, -0.2) is 81.3 Å². The summed E-state index contributed by atoms with van der Waals surface area (Å²) < 4.78 is 52.1. The third-order valence-electron chi connectivity index (χ3n) is 6.70. The van der Waals surface area contributed by atoms with E-state index in [0.717, 1.165) is 6.07 Å². The lowest BCUT2D eigenvalue weighted by molar-refractivity contribution is -0.116. The van der Waals surface area contributed by atoms with E-state index in [1.54, 1.807) is 23.2 Å². The first-order valence-electron chi connectivity index (χ1n) is 14.7. The maximum Gasteiger partial charge on any atom is 0.410 e. The van der Waals surface area contributed by atoms with Crippen molar-refractivity contribution >= 4 is 52.5 Å². The zero-order valence-electron chi connectivity index (χ0n) is 26.3. The molecule has 0 bridgehead atoms. The third-order valence-corrected chi connectivity index (χ3v) is 6.70. The highest BCUT2D eigenvalue weighted by atomic mass is 35.5. The Kier molecular flexibility index (Phi) is 11.4. The molecule has 0 unspecified atom stereocenters. The molecular weight excluding hydrogens is 640 g/mol. The third kappa shape index (κ3) is 8.95. The molecule has 1 aliphatic rings. The molecule has 1 atom stereocenters. The Balaban J connectivity index is 0.00000500. The van der Waals surface area contributed by atoms with E-state index in [0.29, 0.717) is 53.7 Å². The van der Waals surface area contributed by atoms with Gasteiger partial charge in [0, 0.05) is 24.9 Å². The number of halogens is 3. The molecule has 13 nitrogen and oxygen atoms in total. The van der Waals surface area contributed by atoms with Crippen molar-refractivity contribution in [3.8, 4) is 11.5 Å². The highest BCUT2D eigenvalue weighted by Crippen LogP contribution is 2.36. The summed E-state index contributed by atoms with van der Waals surface area (Å²) in [4.78, 5) is 35.8. The number of anilines is 3. The fourth-order valence-corrected chi connectivity index (χ4v) is 4.72. The average molecular weight is 676 g/mol. The molecule has 0 radical (unpaired) electrons. The summed E-state index contributed by atoms with van der Waals surface area (Å²) in [5.41, 5.74) is 0.0980. The van der Waals surface area contributed by atoms with Crippen LogP contribution in [0.3, 0.4) is 0 Å². The number of hydrogen-bond acceptors (Lipinski definition) is 10. The number of ether oxygens (including phenoxy) is 4. The largest absolute Gasteiger partial charge is 0.494 e. The molecule has 1 fully saturated rings. The number of amides is 2. The first-order chi connectivity index (χ1) is 22.0. The van der Waals surface area contributed by atoms with Gasteiger partial charge in [0.25, 0.3) is 0 Å². The minimum absolute atomic E-state index is 0. The van der Waals surface area contributed by atoms with Crippen molar-refractivity contribution in [2.24, 2.45) is 0 Å². The van der Waals surface area contributed by atoms with Crippen molar-refractivity contribution in [3.63, 3.8) is 0 Å². The Morgan fingerprint density at radius 1 is 1.15 bits per heavy atom. The van der Waals surface area contributed by atoms with Crippen molar-refractivity contribution in [2.75, 3.05) is 43.6 Å². The quantitative estimate of drug-likeness (QED) is 0.227. The predicted octanol–water partition coefficient (Wildman–Crippen LogP) is 5.32. The molecule has 4 aromatic rings. The molecule has 2 amide bonds. The maximum atomic E-state index is 14.0. The van der Waals surface area contributed by atoms with Crippen LogP contribution in [0.25, 0.3) is 10.9 Å². The molecule has 5 rings (SSSR count). The maximum absolute atomic E-state index is 14.0. The minimum atomic E-state index is -1.15. The second kappa shape index (κ2) is 15.2. The van der Waals surface area contributed by atoms with Crippen molar-refractivity contribution in [1.82, 2.24) is 24.6 Å². The summed E-state index contributed by atoms with van der Waals surface area (Å²) in [6, 6.07) is 6.59. The number of rotatable bonds is 10. The molecular formula is C31H36ClF2N7O6. The van der Waals surface area contributed by atoms with Crippen molar-refractivity contribution in [2.45, 2.75) is 45.9 Å². The standard InChI is InChI=1S/C31H35F2N7O6.ClH/c1-5-44-21-11-24-27(25(12-21)45-17-20-16-43-10-9-40(20)30(42)46-31(2,3)4)29(35-18-34-24)37-19-13-36-39(14-19)15-26(41)38-23-8-6-7-22(32)28(23)33;/h6-8,11-14,18,20H,5,9-10,15-17H2,1-4H3,(H,38,41)(H,34,35,37);1H/t20-;/m1./s1. The van der Waals surface area contributed by atoms with E-state index in [1.165, 1.54) is 29.3 Å². The van der Waals surface area contributed by atoms with Gasteiger partial charge in [0.05, 0.1) is 54.3 Å². The minimum Gasteiger partial charge on any atom is -0.494 e. The summed E-state index contributed by atoms with van der Waals surface area (Å²) in [5.74, 6) is -1.48. The van der Waals surface area contributed by atoms with Gasteiger partial charge in [0.2, 0.25) is 5.91 Å². The van der Waals surface area contributed by atoms with Gasteiger partial charge in [-0.25, -0.2) is 23.5 Å². The Morgan fingerprint density at radius 2 is 1.96 bits per heavy atom. The molecule has 47 heavy (non-hydrogen) atoms. The van der Waals surface area contributed by atoms with E-state index in [9.17, 15) is 18.4 Å². The molecule has 1 saturated heterocycles. The molecule has 2 aromatic heterocycles. The Hall–Kier alpha value is -4.76. The number of hydrogen-bond donors (Lipinski definition) is 2. The van der Waals surface area contributed by atoms with Crippen LogP contribution in [0.2, 0.25) is 0 Å². The van der Waals surface area contributed by atoms with Crippen molar-refractivity contribution in [1.29, 1.82) is 0 Å². The highest BCUT2D eigenvalue weighted by Gasteiger charge is 2.32. The monoisotopic (exact) mass is 675 g/mol. The summed E-state index contributed by atoms with van der Waals surface area (Å²) >= 11 is 0. The Labute approximate surface area is 275 Å². The fourth-order valence-electron chi connectivity index (χ4n) is 4.72. The molecule has 2 N–H and O–H groups in total. The number of nitrogens with zero attached hydrogens (tertiary/aromatic N) is 5. The van der Waals surface area contributed by atoms with E-state index >= 15 is 0 Å². The van der Waals surface area contributed by atoms with Gasteiger partial charge < -0.3 is 29.6 Å². The molecule has 0 aliphatic carbocycles. The van der Waals surface area contributed by atoms with Gasteiger partial charge in [-0.1, -0.05) is 6.07 Å². The van der Waals surface area contributed by atoms with E-state index < -0.39 is 35.3 Å². The molecule has 252 valence electrons. The van der Waals surface area contributed by atoms with Gasteiger partial charge in [-0.05, 0) is 39.8 Å². The first kappa shape index (κ1) is 35.1. The number of nitrogens with one attached hydrogen (secondary N) is 2. The van der Waals surface area contributed by atoms with Crippen molar-refractivity contribution in [3.05, 3.63) is 60.7 Å². The van der Waals surface area contributed by atoms with Crippen LogP contribution in [0.15, 0.2) is 49.1 Å². The number of fused-ring (bicyclic) bond motifs is 1. The van der Waals surface area contributed by atoms with Crippen LogP contribution in [0.5, 0.6) is 11.5 Å². The number of benzene rings is 2. The smallest absolute Gasteiger partial charge is 0.410 e. The molecule has 16 heteroatoms. The zero-order valence-corrected chi connectivity index (χ0v) is 27.1. The summed E-state index contributed by atoms with van der Waals surface area (Å²) in [7, 11) is 0. The van der Waals surface area contributed by atoms with Gasteiger partial charge >= 0.3 is 6.09 Å². The second-order valence-corrected chi connectivity index (χ2v) is 11.4. The van der Waals surface area contributed by atoms with E-state index in [2.05, 4.69) is 25.7 Å². The highest BCUT2D eigenvalue weighted by molar-refractivity contribution is 5.97. The summed E-state index contributed by atoms with van der Waals surface area (Å²) in [6.45, 7) is 8.56. The summed E-state index contributed by atoms with van der Waals surface area (Å²) in [6.07, 6.45) is 3.98. The normalized spacial score (nSPS) is 14.7. The lowest BCUT2D eigenvalue weighted by Crippen LogP contribution is -2.52. The van der Waals surface area contributed by atoms with Gasteiger partial charge in [-0.3, -0.25) is 14.4 Å². The van der Waals surface area contributed by atoms with Crippen LogP contribution < -0.4 is 20.1 Å². The zero-order chi connectivity index (χ0) is 32.8. The Bertz CT molecular complexity index is 1720. The van der Waals surface area contributed by atoms with Gasteiger partial charge in [-0.2, -0.15) is 5.10 Å². The molecule has 0 spiro atoms. The predicted molar refractivity (Wildman–Crippen MR) is 171 cm³/mol. The van der Waals surface area contributed by atoms with Crippen LogP contribution in [-0.2, 0) is 20.8 Å². The molecule has 1 aliphatic heterocycles. The molecule has 2 aromatic carbocycles. The number of morpholine rings is 1. The fraction of sp³-hybridized carbons (Fsp3) is 0.387. The number of aromatic nitrogens is 4. The topological polar surface area (TPSA) is 142 Å². The van der Waals surface area contributed by atoms with Gasteiger partial charge in [0.15, 0.2) is 11.6 Å². The number of carbonyl (C=O) groups excluding carboxylic acids is 2. The van der Waals surface area contributed by atoms with E-state index in [1.807, 2.05) is 27.7 Å². The lowest BCUT2D eigenvalue weighted by atomic mass is 10.2. The average Bonchev–Trinajstić information content (AvgIpc) is 3.44. The Morgan fingerprint density at radius 3 is 2.72 bits per heavy atom. The SMILES string of the molecule is CCOc1cc(OC[C@H]2COCCN2C(=O)OC(C)(C)C)c2c(Nc3cnn(CC(=O)Nc4cccc(F)c4F)c3)ncnc2c1.Cl. The second-order valence-electron chi connectivity index (χ2n) is 11.4. The van der Waals surface area contributed by atoms with Gasteiger partial charge in [-0.15, -0.1) is 12.4 Å². The lowest BCUT2D eigenvalue weighted by Gasteiger charge is -2.36. The van der Waals surface area contributed by atoms with Crippen molar-refractivity contribution < 1.29 is 37.3 Å². The first-order valence-corrected chi connectivity index (χ1v) is 14.7. The van der Waals surface area contributed by atoms with Crippen LogP contribution in [0.1, 0.15) is 27.7 Å². The molecule has 0 saturated carbocycles. The molecule has 3 heterocycles. The van der Waals surface area contributed by atoms with Gasteiger partial charge in [0.1, 0.15) is 42.4 Å². The van der Waals surface area contributed by atoms with E-state index in [-0.39, 0.29) is 37.9 Å².